The summed E-state index contributed by atoms with van der Waals surface area (Å²) < 4.78 is 0. The molecular formula is C16H13N3. The van der Waals surface area contributed by atoms with Gasteiger partial charge in [-0.2, -0.15) is 0 Å². The van der Waals surface area contributed by atoms with E-state index in [0.717, 1.165) is 17.0 Å². The molecule has 3 rings (SSSR count). The fraction of sp³-hybridized carbons (Fsp3) is 0. The Morgan fingerprint density at radius 3 is 2.37 bits per heavy atom. The third kappa shape index (κ3) is 2.31. The van der Waals surface area contributed by atoms with Crippen molar-refractivity contribution in [3.63, 3.8) is 0 Å². The number of hydrogen-bond donors (Lipinski definition) is 0. The molecule has 0 saturated carbocycles. The van der Waals surface area contributed by atoms with Gasteiger partial charge in [-0.05, 0) is 30.4 Å². The fourth-order valence-corrected chi connectivity index (χ4v) is 1.94. The lowest BCUT2D eigenvalue weighted by atomic mass is 10.1. The molecule has 2 heterocycles. The van der Waals surface area contributed by atoms with Crippen molar-refractivity contribution in [1.29, 1.82) is 0 Å². The van der Waals surface area contributed by atoms with E-state index in [0.29, 0.717) is 5.82 Å². The summed E-state index contributed by atoms with van der Waals surface area (Å²) in [6, 6.07) is 11.9. The molecule has 2 aromatic rings. The summed E-state index contributed by atoms with van der Waals surface area (Å²) in [5.41, 5.74) is 2.97. The second-order valence-electron chi connectivity index (χ2n) is 4.19. The smallest absolute Gasteiger partial charge is 0.160 e. The summed E-state index contributed by atoms with van der Waals surface area (Å²) in [7, 11) is 0. The Balaban J connectivity index is 2.00. The molecule has 0 atom stereocenters. The van der Waals surface area contributed by atoms with Crippen LogP contribution in [0.5, 0.6) is 0 Å². The summed E-state index contributed by atoms with van der Waals surface area (Å²) >= 11 is 0. The van der Waals surface area contributed by atoms with Crippen molar-refractivity contribution >= 4 is 11.3 Å². The molecule has 0 unspecified atom stereocenters. The highest BCUT2D eigenvalue weighted by molar-refractivity contribution is 5.77. The molecular weight excluding hydrogens is 234 g/mol. The van der Waals surface area contributed by atoms with E-state index in [4.69, 9.17) is 0 Å². The first-order valence-electron chi connectivity index (χ1n) is 6.05. The summed E-state index contributed by atoms with van der Waals surface area (Å²) in [6.07, 6.45) is 9.45. The maximum absolute atomic E-state index is 4.27. The molecule has 92 valence electrons. The zero-order chi connectivity index (χ0) is 13.1. The average molecular weight is 247 g/mol. The highest BCUT2D eigenvalue weighted by atomic mass is 15.1. The molecule has 0 spiro atoms. The van der Waals surface area contributed by atoms with E-state index in [9.17, 15) is 0 Å². The minimum absolute atomic E-state index is 0.715. The lowest BCUT2D eigenvalue weighted by molar-refractivity contribution is 1.10. The van der Waals surface area contributed by atoms with Gasteiger partial charge in [0.15, 0.2) is 5.82 Å². The minimum Gasteiger partial charge on any atom is -0.317 e. The minimum atomic E-state index is 0.715. The van der Waals surface area contributed by atoms with Crippen LogP contribution in [-0.4, -0.2) is 9.97 Å². The van der Waals surface area contributed by atoms with Crippen LogP contribution in [0.3, 0.4) is 0 Å². The normalized spacial score (nSPS) is 14.4. The summed E-state index contributed by atoms with van der Waals surface area (Å²) in [5, 5.41) is 0. The van der Waals surface area contributed by atoms with Crippen molar-refractivity contribution in [3.05, 3.63) is 85.2 Å². The van der Waals surface area contributed by atoms with Gasteiger partial charge in [0, 0.05) is 35.6 Å². The predicted molar refractivity (Wildman–Crippen MR) is 77.2 cm³/mol. The third-order valence-electron chi connectivity index (χ3n) is 2.89. The van der Waals surface area contributed by atoms with Crippen molar-refractivity contribution in [2.45, 2.75) is 0 Å². The van der Waals surface area contributed by atoms with Crippen LogP contribution < -0.4 is 4.90 Å². The number of nitrogens with zero attached hydrogens (tertiary/aromatic N) is 3. The van der Waals surface area contributed by atoms with Crippen molar-refractivity contribution in [1.82, 2.24) is 9.97 Å². The van der Waals surface area contributed by atoms with Crippen molar-refractivity contribution < 1.29 is 0 Å². The fourth-order valence-electron chi connectivity index (χ4n) is 1.94. The molecule has 19 heavy (non-hydrogen) atoms. The van der Waals surface area contributed by atoms with Crippen LogP contribution in [0, 0.1) is 0 Å². The molecule has 1 aromatic carbocycles. The van der Waals surface area contributed by atoms with Gasteiger partial charge in [0.1, 0.15) is 0 Å². The van der Waals surface area contributed by atoms with Crippen LogP contribution in [0.4, 0.5) is 5.69 Å². The van der Waals surface area contributed by atoms with Crippen molar-refractivity contribution in [3.8, 4) is 0 Å². The molecule has 0 amide bonds. The maximum Gasteiger partial charge on any atom is 0.160 e. The van der Waals surface area contributed by atoms with Crippen LogP contribution in [0.1, 0.15) is 5.82 Å². The number of benzene rings is 1. The number of anilines is 1. The molecule has 1 aromatic heterocycles. The molecule has 1 aliphatic rings. The molecule has 0 saturated heterocycles. The van der Waals surface area contributed by atoms with Crippen molar-refractivity contribution in [2.24, 2.45) is 0 Å². The summed E-state index contributed by atoms with van der Waals surface area (Å²) in [6.45, 7) is 4.05. The van der Waals surface area contributed by atoms with Gasteiger partial charge < -0.3 is 4.90 Å². The first-order chi connectivity index (χ1) is 9.34. The number of allylic oxidation sites excluding steroid dienone is 3. The van der Waals surface area contributed by atoms with E-state index < -0.39 is 0 Å². The van der Waals surface area contributed by atoms with Crippen molar-refractivity contribution in [2.75, 3.05) is 4.90 Å². The molecule has 0 N–H and O–H groups in total. The average Bonchev–Trinajstić information content (AvgIpc) is 2.49. The van der Waals surface area contributed by atoms with Gasteiger partial charge in [-0.3, -0.25) is 0 Å². The third-order valence-corrected chi connectivity index (χ3v) is 2.89. The number of rotatable bonds is 2. The largest absolute Gasteiger partial charge is 0.317 e. The molecule has 0 aliphatic carbocycles. The standard InChI is InChI=1S/C16H13N3/c1-13-8-9-14(16-17-10-5-11-18-16)12-19(13)15-6-3-2-4-7-15/h2-12H,1H2. The monoisotopic (exact) mass is 247 g/mol. The lowest BCUT2D eigenvalue weighted by Gasteiger charge is -2.24. The zero-order valence-corrected chi connectivity index (χ0v) is 10.4. The highest BCUT2D eigenvalue weighted by Gasteiger charge is 2.13. The van der Waals surface area contributed by atoms with Crippen LogP contribution in [-0.2, 0) is 0 Å². The molecule has 0 fully saturated rings. The molecule has 0 radical (unpaired) electrons. The van der Waals surface area contributed by atoms with Gasteiger partial charge in [0.05, 0.1) is 0 Å². The summed E-state index contributed by atoms with van der Waals surface area (Å²) in [4.78, 5) is 10.6. The Morgan fingerprint density at radius 1 is 0.895 bits per heavy atom. The van der Waals surface area contributed by atoms with Gasteiger partial charge >= 0.3 is 0 Å². The second-order valence-corrected chi connectivity index (χ2v) is 4.19. The quantitative estimate of drug-likeness (QED) is 0.814. The topological polar surface area (TPSA) is 29.0 Å². The van der Waals surface area contributed by atoms with E-state index in [1.807, 2.05) is 59.7 Å². The Bertz CT molecular complexity index is 642. The first kappa shape index (κ1) is 11.4. The molecule has 0 bridgehead atoms. The summed E-state index contributed by atoms with van der Waals surface area (Å²) in [5.74, 6) is 0.715. The molecule has 1 aliphatic heterocycles. The van der Waals surface area contributed by atoms with E-state index in [-0.39, 0.29) is 0 Å². The highest BCUT2D eigenvalue weighted by Crippen LogP contribution is 2.26. The molecule has 3 nitrogen and oxygen atoms in total. The Hall–Kier alpha value is -2.68. The Labute approximate surface area is 112 Å². The van der Waals surface area contributed by atoms with Crippen LogP contribution >= 0.6 is 0 Å². The van der Waals surface area contributed by atoms with Crippen LogP contribution in [0.2, 0.25) is 0 Å². The van der Waals surface area contributed by atoms with Gasteiger partial charge in [0.25, 0.3) is 0 Å². The van der Waals surface area contributed by atoms with Gasteiger partial charge in [-0.25, -0.2) is 9.97 Å². The van der Waals surface area contributed by atoms with E-state index in [2.05, 4.69) is 16.5 Å². The number of para-hydroxylation sites is 1. The Morgan fingerprint density at radius 2 is 1.63 bits per heavy atom. The second kappa shape index (κ2) is 4.90. The van der Waals surface area contributed by atoms with E-state index in [1.165, 1.54) is 0 Å². The number of hydrogen-bond acceptors (Lipinski definition) is 3. The van der Waals surface area contributed by atoms with Gasteiger partial charge in [-0.15, -0.1) is 0 Å². The van der Waals surface area contributed by atoms with E-state index in [1.54, 1.807) is 12.4 Å². The maximum atomic E-state index is 4.27. The zero-order valence-electron chi connectivity index (χ0n) is 10.4. The Kier molecular flexibility index (Phi) is 2.94. The first-order valence-corrected chi connectivity index (χ1v) is 6.05. The predicted octanol–water partition coefficient (Wildman–Crippen LogP) is 3.41. The van der Waals surface area contributed by atoms with Crippen LogP contribution in [0.25, 0.3) is 5.57 Å². The molecule has 3 heteroatoms. The van der Waals surface area contributed by atoms with Gasteiger partial charge in [0.2, 0.25) is 0 Å². The lowest BCUT2D eigenvalue weighted by Crippen LogP contribution is -2.16. The number of aromatic nitrogens is 2. The van der Waals surface area contributed by atoms with E-state index >= 15 is 0 Å². The van der Waals surface area contributed by atoms with Crippen LogP contribution in [0.15, 0.2) is 79.4 Å². The SMILES string of the molecule is C=C1C=CC(c2ncccn2)=CN1c1ccccc1. The van der Waals surface area contributed by atoms with Gasteiger partial charge in [-0.1, -0.05) is 24.8 Å².